The van der Waals surface area contributed by atoms with Crippen molar-refractivity contribution < 1.29 is 9.59 Å². The Morgan fingerprint density at radius 2 is 2.04 bits per heavy atom. The molecule has 1 saturated heterocycles. The van der Waals surface area contributed by atoms with E-state index in [-0.39, 0.29) is 36.7 Å². The van der Waals surface area contributed by atoms with Crippen molar-refractivity contribution in [2.45, 2.75) is 26.3 Å². The van der Waals surface area contributed by atoms with Crippen molar-refractivity contribution in [2.75, 3.05) is 26.2 Å². The Bertz CT molecular complexity index is 793. The standard InChI is InChI=1S/C18H25N7O2.ClH/c1-13-4-6-14(7-5-13)17-21-23-25(22-17)12-16(26)24-10-2-3-15(11-24)18(27)20-9-8-19;/h4-7,15H,2-3,8-12,19H2,1H3,(H,20,27);1H. The highest BCUT2D eigenvalue weighted by molar-refractivity contribution is 5.85. The van der Waals surface area contributed by atoms with Crippen LogP contribution in [-0.4, -0.2) is 63.1 Å². The number of tetrazole rings is 1. The first-order chi connectivity index (χ1) is 13.1. The van der Waals surface area contributed by atoms with Crippen LogP contribution < -0.4 is 11.1 Å². The number of piperidine rings is 1. The van der Waals surface area contributed by atoms with E-state index < -0.39 is 0 Å². The molecule has 1 unspecified atom stereocenters. The van der Waals surface area contributed by atoms with Crippen LogP contribution in [0.15, 0.2) is 24.3 Å². The van der Waals surface area contributed by atoms with E-state index in [1.54, 1.807) is 4.90 Å². The predicted octanol–water partition coefficient (Wildman–Crippen LogP) is 0.384. The normalized spacial score (nSPS) is 16.4. The number of aryl methyl sites for hydroxylation is 1. The van der Waals surface area contributed by atoms with Gasteiger partial charge in [-0.15, -0.1) is 22.6 Å². The van der Waals surface area contributed by atoms with E-state index in [1.165, 1.54) is 4.80 Å². The van der Waals surface area contributed by atoms with Crippen LogP contribution in [0.2, 0.25) is 0 Å². The number of benzene rings is 1. The van der Waals surface area contributed by atoms with Gasteiger partial charge in [0.15, 0.2) is 0 Å². The molecule has 2 aromatic rings. The molecule has 1 aromatic carbocycles. The minimum Gasteiger partial charge on any atom is -0.355 e. The number of carbonyl (C=O) groups excluding carboxylic acids is 2. The van der Waals surface area contributed by atoms with E-state index in [1.807, 2.05) is 31.2 Å². The Morgan fingerprint density at radius 1 is 1.29 bits per heavy atom. The third kappa shape index (κ3) is 5.49. The van der Waals surface area contributed by atoms with Crippen LogP contribution in [0.4, 0.5) is 0 Å². The van der Waals surface area contributed by atoms with Crippen molar-refractivity contribution in [3.05, 3.63) is 29.8 Å². The maximum absolute atomic E-state index is 12.6. The van der Waals surface area contributed by atoms with Gasteiger partial charge in [0.25, 0.3) is 0 Å². The molecule has 3 rings (SSSR count). The van der Waals surface area contributed by atoms with E-state index >= 15 is 0 Å². The zero-order chi connectivity index (χ0) is 19.2. The van der Waals surface area contributed by atoms with Gasteiger partial charge in [-0.2, -0.15) is 4.80 Å². The van der Waals surface area contributed by atoms with Gasteiger partial charge in [-0.05, 0) is 25.0 Å². The number of nitrogens with one attached hydrogen (secondary N) is 1. The van der Waals surface area contributed by atoms with Gasteiger partial charge in [0.1, 0.15) is 6.54 Å². The minimum atomic E-state index is -0.193. The monoisotopic (exact) mass is 407 g/mol. The number of nitrogens with two attached hydrogens (primary N) is 1. The Kier molecular flexibility index (Phi) is 7.89. The smallest absolute Gasteiger partial charge is 0.246 e. The number of likely N-dealkylation sites (tertiary alicyclic amines) is 1. The summed E-state index contributed by atoms with van der Waals surface area (Å²) in [6.07, 6.45) is 1.57. The lowest BCUT2D eigenvalue weighted by atomic mass is 9.97. The van der Waals surface area contributed by atoms with E-state index in [0.717, 1.165) is 24.0 Å². The lowest BCUT2D eigenvalue weighted by Crippen LogP contribution is -2.47. The highest BCUT2D eigenvalue weighted by Gasteiger charge is 2.28. The average Bonchev–Trinajstić information content (AvgIpc) is 3.15. The summed E-state index contributed by atoms with van der Waals surface area (Å²) in [5, 5.41) is 15.1. The summed E-state index contributed by atoms with van der Waals surface area (Å²) in [5.41, 5.74) is 7.42. The quantitative estimate of drug-likeness (QED) is 0.714. The summed E-state index contributed by atoms with van der Waals surface area (Å²) in [6.45, 7) is 3.93. The van der Waals surface area contributed by atoms with Crippen LogP contribution in [0.5, 0.6) is 0 Å². The summed E-state index contributed by atoms with van der Waals surface area (Å²) in [4.78, 5) is 27.7. The first-order valence-electron chi connectivity index (χ1n) is 9.17. The number of amides is 2. The number of aromatic nitrogens is 4. The van der Waals surface area contributed by atoms with Crippen LogP contribution in [0.1, 0.15) is 18.4 Å². The average molecular weight is 408 g/mol. The fourth-order valence-corrected chi connectivity index (χ4v) is 3.11. The lowest BCUT2D eigenvalue weighted by Gasteiger charge is -2.31. The van der Waals surface area contributed by atoms with Crippen LogP contribution in [-0.2, 0) is 16.1 Å². The molecule has 2 heterocycles. The number of carbonyl (C=O) groups is 2. The number of halogens is 1. The number of rotatable bonds is 6. The van der Waals surface area contributed by atoms with Crippen molar-refractivity contribution in [1.82, 2.24) is 30.4 Å². The molecular formula is C18H26ClN7O2. The fraction of sp³-hybridized carbons (Fsp3) is 0.500. The highest BCUT2D eigenvalue weighted by atomic mass is 35.5. The van der Waals surface area contributed by atoms with Crippen LogP contribution >= 0.6 is 12.4 Å². The molecule has 0 spiro atoms. The Hall–Kier alpha value is -2.52. The lowest BCUT2D eigenvalue weighted by molar-refractivity contribution is -0.136. The zero-order valence-corrected chi connectivity index (χ0v) is 16.7. The third-order valence-electron chi connectivity index (χ3n) is 4.63. The summed E-state index contributed by atoms with van der Waals surface area (Å²) >= 11 is 0. The van der Waals surface area contributed by atoms with Gasteiger partial charge in [0, 0.05) is 31.7 Å². The van der Waals surface area contributed by atoms with Crippen molar-refractivity contribution in [1.29, 1.82) is 0 Å². The molecule has 3 N–H and O–H groups in total. The number of hydrogen-bond donors (Lipinski definition) is 2. The molecule has 1 aliphatic heterocycles. The molecule has 1 fully saturated rings. The van der Waals surface area contributed by atoms with Gasteiger partial charge in [0.2, 0.25) is 17.6 Å². The van der Waals surface area contributed by atoms with E-state index in [4.69, 9.17) is 5.73 Å². The van der Waals surface area contributed by atoms with Gasteiger partial charge in [-0.25, -0.2) is 0 Å². The summed E-state index contributed by atoms with van der Waals surface area (Å²) in [5.74, 6) is 0.138. The Labute approximate surface area is 170 Å². The molecular weight excluding hydrogens is 382 g/mol. The number of hydrogen-bond acceptors (Lipinski definition) is 6. The first-order valence-corrected chi connectivity index (χ1v) is 9.17. The Morgan fingerprint density at radius 3 is 2.75 bits per heavy atom. The summed E-state index contributed by atoms with van der Waals surface area (Å²) in [7, 11) is 0. The second-order valence-electron chi connectivity index (χ2n) is 6.77. The predicted molar refractivity (Wildman–Crippen MR) is 107 cm³/mol. The van der Waals surface area contributed by atoms with E-state index in [2.05, 4.69) is 20.7 Å². The van der Waals surface area contributed by atoms with Crippen molar-refractivity contribution in [3.8, 4) is 11.4 Å². The first kappa shape index (κ1) is 21.8. The second-order valence-corrected chi connectivity index (χ2v) is 6.77. The summed E-state index contributed by atoms with van der Waals surface area (Å²) in [6, 6.07) is 7.80. The second kappa shape index (κ2) is 10.1. The van der Waals surface area contributed by atoms with Gasteiger partial charge in [-0.3, -0.25) is 9.59 Å². The van der Waals surface area contributed by atoms with Gasteiger partial charge in [0.05, 0.1) is 5.92 Å². The molecule has 0 bridgehead atoms. The van der Waals surface area contributed by atoms with Gasteiger partial charge in [-0.1, -0.05) is 29.8 Å². The maximum atomic E-state index is 12.6. The largest absolute Gasteiger partial charge is 0.355 e. The van der Waals surface area contributed by atoms with Crippen molar-refractivity contribution in [3.63, 3.8) is 0 Å². The van der Waals surface area contributed by atoms with Gasteiger partial charge >= 0.3 is 0 Å². The molecule has 0 aliphatic carbocycles. The molecule has 152 valence electrons. The molecule has 0 saturated carbocycles. The molecule has 9 nitrogen and oxygen atoms in total. The fourth-order valence-electron chi connectivity index (χ4n) is 3.11. The van der Waals surface area contributed by atoms with E-state index in [9.17, 15) is 9.59 Å². The van der Waals surface area contributed by atoms with E-state index in [0.29, 0.717) is 32.0 Å². The van der Waals surface area contributed by atoms with Gasteiger partial charge < -0.3 is 16.0 Å². The third-order valence-corrected chi connectivity index (χ3v) is 4.63. The molecule has 1 aromatic heterocycles. The summed E-state index contributed by atoms with van der Waals surface area (Å²) < 4.78 is 0. The van der Waals surface area contributed by atoms with Crippen molar-refractivity contribution in [2.24, 2.45) is 11.7 Å². The maximum Gasteiger partial charge on any atom is 0.246 e. The Balaban J connectivity index is 0.00000280. The number of nitrogens with zero attached hydrogens (tertiary/aromatic N) is 5. The zero-order valence-electron chi connectivity index (χ0n) is 15.9. The molecule has 28 heavy (non-hydrogen) atoms. The van der Waals surface area contributed by atoms with Crippen LogP contribution in [0.25, 0.3) is 11.4 Å². The molecule has 1 aliphatic rings. The highest BCUT2D eigenvalue weighted by Crippen LogP contribution is 2.17. The minimum absolute atomic E-state index is 0. The molecule has 10 heteroatoms. The van der Waals surface area contributed by atoms with Crippen LogP contribution in [0, 0.1) is 12.8 Å². The molecule has 1 atom stereocenters. The molecule has 2 amide bonds. The topological polar surface area (TPSA) is 119 Å². The van der Waals surface area contributed by atoms with Crippen molar-refractivity contribution >= 4 is 24.2 Å². The van der Waals surface area contributed by atoms with Crippen LogP contribution in [0.3, 0.4) is 0 Å². The SMILES string of the molecule is Cc1ccc(-c2nnn(CC(=O)N3CCCC(C(=O)NCCN)C3)n2)cc1.Cl. The molecule has 0 radical (unpaired) electrons.